The van der Waals surface area contributed by atoms with Gasteiger partial charge in [0.25, 0.3) is 5.91 Å². The molecule has 0 unspecified atom stereocenters. The molecule has 0 atom stereocenters. The number of halogens is 1. The lowest BCUT2D eigenvalue weighted by Crippen LogP contribution is -2.32. The molecule has 0 aliphatic carbocycles. The number of benzene rings is 2. The number of sulfonamides is 1. The van der Waals surface area contributed by atoms with E-state index in [1.807, 2.05) is 12.1 Å². The van der Waals surface area contributed by atoms with Gasteiger partial charge in [-0.3, -0.25) is 4.79 Å². The fourth-order valence-corrected chi connectivity index (χ4v) is 4.66. The van der Waals surface area contributed by atoms with Crippen LogP contribution < -0.4 is 14.8 Å². The van der Waals surface area contributed by atoms with Crippen LogP contribution in [-0.4, -0.2) is 51.5 Å². The monoisotopic (exact) mass is 482 g/mol. The summed E-state index contributed by atoms with van der Waals surface area (Å²) in [6.07, 6.45) is 1.81. The highest BCUT2D eigenvalue weighted by Gasteiger charge is 2.26. The van der Waals surface area contributed by atoms with Crippen molar-refractivity contribution in [3.8, 4) is 11.5 Å². The van der Waals surface area contributed by atoms with Gasteiger partial charge in [0.15, 0.2) is 6.61 Å². The molecule has 0 aromatic heterocycles. The van der Waals surface area contributed by atoms with Crippen molar-refractivity contribution in [2.75, 3.05) is 32.8 Å². The van der Waals surface area contributed by atoms with Gasteiger partial charge in [-0.1, -0.05) is 15.9 Å². The van der Waals surface area contributed by atoms with E-state index in [-0.39, 0.29) is 24.0 Å². The topological polar surface area (TPSA) is 84.9 Å². The Bertz CT molecular complexity index is 911. The predicted molar refractivity (Wildman–Crippen MR) is 113 cm³/mol. The Hall–Kier alpha value is -2.10. The summed E-state index contributed by atoms with van der Waals surface area (Å²) in [6, 6.07) is 13.6. The summed E-state index contributed by atoms with van der Waals surface area (Å²) >= 11 is 3.33. The number of ether oxygens (including phenoxy) is 2. The van der Waals surface area contributed by atoms with Crippen LogP contribution in [0, 0.1) is 0 Å². The van der Waals surface area contributed by atoms with Crippen molar-refractivity contribution in [2.24, 2.45) is 0 Å². The molecule has 2 aromatic rings. The van der Waals surface area contributed by atoms with Gasteiger partial charge in [-0.2, -0.15) is 4.31 Å². The van der Waals surface area contributed by atoms with Gasteiger partial charge in [-0.05, 0) is 61.4 Å². The van der Waals surface area contributed by atoms with Gasteiger partial charge in [0, 0.05) is 17.6 Å². The number of amides is 1. The van der Waals surface area contributed by atoms with Crippen LogP contribution in [0.25, 0.3) is 0 Å². The van der Waals surface area contributed by atoms with E-state index in [1.165, 1.54) is 4.31 Å². The fraction of sp³-hybridized carbons (Fsp3) is 0.350. The Labute approximate surface area is 179 Å². The Morgan fingerprint density at radius 2 is 1.55 bits per heavy atom. The molecule has 1 fully saturated rings. The zero-order chi connectivity index (χ0) is 20.7. The van der Waals surface area contributed by atoms with Crippen molar-refractivity contribution in [3.05, 3.63) is 53.0 Å². The quantitative estimate of drug-likeness (QED) is 0.555. The number of rotatable bonds is 9. The first-order valence-electron chi connectivity index (χ1n) is 9.33. The molecule has 2 aromatic carbocycles. The van der Waals surface area contributed by atoms with Crippen molar-refractivity contribution >= 4 is 31.9 Å². The Balaban J connectivity index is 1.38. The molecule has 1 heterocycles. The van der Waals surface area contributed by atoms with E-state index >= 15 is 0 Å². The normalized spacial score (nSPS) is 14.5. The minimum atomic E-state index is -3.42. The van der Waals surface area contributed by atoms with Crippen molar-refractivity contribution in [1.29, 1.82) is 0 Å². The van der Waals surface area contributed by atoms with Crippen molar-refractivity contribution in [2.45, 2.75) is 17.7 Å². The first-order valence-corrected chi connectivity index (χ1v) is 11.6. The molecule has 0 spiro atoms. The largest absolute Gasteiger partial charge is 0.492 e. The smallest absolute Gasteiger partial charge is 0.258 e. The zero-order valence-electron chi connectivity index (χ0n) is 15.8. The lowest BCUT2D eigenvalue weighted by Gasteiger charge is -2.15. The van der Waals surface area contributed by atoms with E-state index < -0.39 is 10.0 Å². The van der Waals surface area contributed by atoms with Crippen LogP contribution in [0.15, 0.2) is 57.9 Å². The summed E-state index contributed by atoms with van der Waals surface area (Å²) in [5, 5.41) is 2.71. The Morgan fingerprint density at radius 3 is 2.21 bits per heavy atom. The van der Waals surface area contributed by atoms with E-state index in [9.17, 15) is 13.2 Å². The van der Waals surface area contributed by atoms with Crippen LogP contribution in [0.4, 0.5) is 0 Å². The lowest BCUT2D eigenvalue weighted by molar-refractivity contribution is -0.123. The van der Waals surface area contributed by atoms with Crippen molar-refractivity contribution in [1.82, 2.24) is 9.62 Å². The molecule has 0 saturated carbocycles. The Morgan fingerprint density at radius 1 is 0.966 bits per heavy atom. The van der Waals surface area contributed by atoms with Crippen LogP contribution in [0.3, 0.4) is 0 Å². The molecule has 1 aliphatic heterocycles. The molecule has 0 radical (unpaired) electrons. The van der Waals surface area contributed by atoms with E-state index in [1.54, 1.807) is 36.4 Å². The van der Waals surface area contributed by atoms with E-state index in [2.05, 4.69) is 21.2 Å². The number of carbonyl (C=O) groups excluding carboxylic acids is 1. The molecule has 7 nitrogen and oxygen atoms in total. The van der Waals surface area contributed by atoms with Crippen LogP contribution in [0.2, 0.25) is 0 Å². The standard InChI is InChI=1S/C20H23BrN2O5S/c21-16-3-5-18(6-4-16)28-15-20(24)22-11-14-27-17-7-9-19(10-8-17)29(25,26)23-12-1-2-13-23/h3-10H,1-2,11-15H2,(H,22,24). The average molecular weight is 483 g/mol. The van der Waals surface area contributed by atoms with Gasteiger partial charge in [-0.15, -0.1) is 0 Å². The van der Waals surface area contributed by atoms with Gasteiger partial charge < -0.3 is 14.8 Å². The second kappa shape index (κ2) is 10.1. The van der Waals surface area contributed by atoms with Crippen molar-refractivity contribution < 1.29 is 22.7 Å². The summed E-state index contributed by atoms with van der Waals surface area (Å²) in [7, 11) is -3.42. The van der Waals surface area contributed by atoms with Gasteiger partial charge in [0.2, 0.25) is 10.0 Å². The van der Waals surface area contributed by atoms with Gasteiger partial charge in [-0.25, -0.2) is 8.42 Å². The first kappa shape index (κ1) is 21.6. The molecule has 1 amide bonds. The highest BCUT2D eigenvalue weighted by atomic mass is 79.9. The predicted octanol–water partition coefficient (Wildman–Crippen LogP) is 2.81. The SMILES string of the molecule is O=C(COc1ccc(Br)cc1)NCCOc1ccc(S(=O)(=O)N2CCCC2)cc1. The molecule has 1 aliphatic rings. The number of carbonyl (C=O) groups is 1. The number of nitrogens with one attached hydrogen (secondary N) is 1. The molecule has 1 saturated heterocycles. The third-order valence-corrected chi connectivity index (χ3v) is 6.84. The minimum absolute atomic E-state index is 0.0787. The number of hydrogen-bond donors (Lipinski definition) is 1. The summed E-state index contributed by atoms with van der Waals surface area (Å²) in [4.78, 5) is 12.1. The molecular formula is C20H23BrN2O5S. The maximum absolute atomic E-state index is 12.5. The molecule has 9 heteroatoms. The third kappa shape index (κ3) is 6.19. The van der Waals surface area contributed by atoms with E-state index in [4.69, 9.17) is 9.47 Å². The third-order valence-electron chi connectivity index (χ3n) is 4.40. The van der Waals surface area contributed by atoms with E-state index in [0.29, 0.717) is 31.1 Å². The molecular weight excluding hydrogens is 460 g/mol. The van der Waals surface area contributed by atoms with Crippen LogP contribution in [0.5, 0.6) is 11.5 Å². The molecule has 156 valence electrons. The molecule has 3 rings (SSSR count). The van der Waals surface area contributed by atoms with Gasteiger partial charge in [0.05, 0.1) is 11.4 Å². The number of hydrogen-bond acceptors (Lipinski definition) is 5. The summed E-state index contributed by atoms with van der Waals surface area (Å²) in [5.74, 6) is 0.915. The average Bonchev–Trinajstić information content (AvgIpc) is 3.27. The second-order valence-corrected chi connectivity index (χ2v) is 9.38. The second-order valence-electron chi connectivity index (χ2n) is 6.52. The van der Waals surface area contributed by atoms with Gasteiger partial charge in [0.1, 0.15) is 18.1 Å². The minimum Gasteiger partial charge on any atom is -0.492 e. The number of nitrogens with zero attached hydrogens (tertiary/aromatic N) is 1. The molecule has 1 N–H and O–H groups in total. The summed E-state index contributed by atoms with van der Waals surface area (Å²) in [5.41, 5.74) is 0. The van der Waals surface area contributed by atoms with Crippen LogP contribution >= 0.6 is 15.9 Å². The highest BCUT2D eigenvalue weighted by Crippen LogP contribution is 2.22. The van der Waals surface area contributed by atoms with Gasteiger partial charge >= 0.3 is 0 Å². The maximum atomic E-state index is 12.5. The Kier molecular flexibility index (Phi) is 7.51. The first-order chi connectivity index (χ1) is 13.9. The maximum Gasteiger partial charge on any atom is 0.258 e. The van der Waals surface area contributed by atoms with Crippen LogP contribution in [-0.2, 0) is 14.8 Å². The van der Waals surface area contributed by atoms with Crippen LogP contribution in [0.1, 0.15) is 12.8 Å². The van der Waals surface area contributed by atoms with E-state index in [0.717, 1.165) is 17.3 Å². The highest BCUT2D eigenvalue weighted by molar-refractivity contribution is 9.10. The lowest BCUT2D eigenvalue weighted by atomic mass is 10.3. The zero-order valence-corrected chi connectivity index (χ0v) is 18.2. The molecule has 29 heavy (non-hydrogen) atoms. The summed E-state index contributed by atoms with van der Waals surface area (Å²) in [6.45, 7) is 1.65. The summed E-state index contributed by atoms with van der Waals surface area (Å²) < 4.78 is 38.4. The molecule has 0 bridgehead atoms. The van der Waals surface area contributed by atoms with Crippen molar-refractivity contribution in [3.63, 3.8) is 0 Å². The fourth-order valence-electron chi connectivity index (χ4n) is 2.88.